The summed E-state index contributed by atoms with van der Waals surface area (Å²) >= 11 is 0. The zero-order chi connectivity index (χ0) is 17.6. The Labute approximate surface area is 148 Å². The summed E-state index contributed by atoms with van der Waals surface area (Å²) in [4.78, 5) is 12.6. The summed E-state index contributed by atoms with van der Waals surface area (Å²) < 4.78 is 22.5. The lowest BCUT2D eigenvalue weighted by Gasteiger charge is -2.32. The highest BCUT2D eigenvalue weighted by molar-refractivity contribution is 5.95. The number of hydrogen-bond acceptors (Lipinski definition) is 5. The fraction of sp³-hybridized carbons (Fsp3) is 0.526. The lowest BCUT2D eigenvalue weighted by atomic mass is 10.1. The Bertz CT molecular complexity index is 639. The molecule has 1 aromatic carbocycles. The molecule has 0 spiro atoms. The van der Waals surface area contributed by atoms with Crippen LogP contribution in [-0.2, 0) is 9.47 Å². The number of carbonyl (C=O) groups excluding carboxylic acids is 1. The van der Waals surface area contributed by atoms with E-state index in [-0.39, 0.29) is 18.1 Å². The maximum Gasteiger partial charge on any atom is 0.251 e. The minimum absolute atomic E-state index is 0.0505. The second-order valence-electron chi connectivity index (χ2n) is 6.46. The van der Waals surface area contributed by atoms with Crippen molar-refractivity contribution in [2.45, 2.75) is 32.4 Å². The van der Waals surface area contributed by atoms with E-state index < -0.39 is 0 Å². The van der Waals surface area contributed by atoms with E-state index in [1.54, 1.807) is 18.2 Å². The van der Waals surface area contributed by atoms with E-state index in [1.807, 2.05) is 19.9 Å². The maximum atomic E-state index is 12.6. The summed E-state index contributed by atoms with van der Waals surface area (Å²) in [7, 11) is 0. The van der Waals surface area contributed by atoms with Crippen molar-refractivity contribution in [1.82, 2.24) is 5.32 Å². The number of nitrogens with one attached hydrogen (secondary N) is 1. The largest absolute Gasteiger partial charge is 0.486 e. The Balaban J connectivity index is 1.62. The molecule has 25 heavy (non-hydrogen) atoms. The second-order valence-corrected chi connectivity index (χ2v) is 6.46. The lowest BCUT2D eigenvalue weighted by molar-refractivity contribution is -0.0457. The number of ether oxygens (including phenoxy) is 4. The second kappa shape index (κ2) is 8.36. The highest BCUT2D eigenvalue weighted by Crippen LogP contribution is 2.30. The minimum atomic E-state index is -0.167. The van der Waals surface area contributed by atoms with Crippen molar-refractivity contribution in [3.8, 4) is 11.5 Å². The third-order valence-electron chi connectivity index (χ3n) is 4.22. The van der Waals surface area contributed by atoms with Gasteiger partial charge in [0, 0.05) is 12.2 Å². The van der Waals surface area contributed by atoms with Crippen LogP contribution in [0.25, 0.3) is 0 Å². The van der Waals surface area contributed by atoms with Crippen molar-refractivity contribution < 1.29 is 23.7 Å². The molecule has 1 amide bonds. The van der Waals surface area contributed by atoms with Gasteiger partial charge in [-0.3, -0.25) is 4.79 Å². The van der Waals surface area contributed by atoms with Crippen molar-refractivity contribution in [2.24, 2.45) is 0 Å². The molecule has 0 saturated carbocycles. The first kappa shape index (κ1) is 17.8. The topological polar surface area (TPSA) is 66.0 Å². The van der Waals surface area contributed by atoms with E-state index in [2.05, 4.69) is 5.32 Å². The predicted octanol–water partition coefficient (Wildman–Crippen LogP) is 2.33. The molecule has 0 aliphatic carbocycles. The Hall–Kier alpha value is -2.05. The number of hydrogen-bond donors (Lipinski definition) is 1. The van der Waals surface area contributed by atoms with Crippen molar-refractivity contribution in [2.75, 3.05) is 33.0 Å². The molecule has 2 aliphatic heterocycles. The van der Waals surface area contributed by atoms with Gasteiger partial charge < -0.3 is 24.3 Å². The molecule has 1 saturated heterocycles. The molecule has 0 radical (unpaired) electrons. The molecular formula is C19H25NO5. The lowest BCUT2D eigenvalue weighted by Crippen LogP contribution is -2.50. The molecule has 0 bridgehead atoms. The molecule has 1 fully saturated rings. The highest BCUT2D eigenvalue weighted by atomic mass is 16.6. The average molecular weight is 347 g/mol. The van der Waals surface area contributed by atoms with Crippen LogP contribution < -0.4 is 14.8 Å². The van der Waals surface area contributed by atoms with Crippen molar-refractivity contribution >= 4 is 5.91 Å². The molecule has 136 valence electrons. The summed E-state index contributed by atoms with van der Waals surface area (Å²) in [5.41, 5.74) is 1.75. The molecular weight excluding hydrogens is 322 g/mol. The van der Waals surface area contributed by atoms with E-state index in [0.717, 1.165) is 6.42 Å². The van der Waals surface area contributed by atoms with Crippen molar-refractivity contribution in [3.05, 3.63) is 35.4 Å². The predicted molar refractivity (Wildman–Crippen MR) is 93.3 cm³/mol. The zero-order valence-electron chi connectivity index (χ0n) is 14.7. The number of allylic oxidation sites excluding steroid dienone is 1. The van der Waals surface area contributed by atoms with Crippen LogP contribution in [0.1, 0.15) is 30.6 Å². The van der Waals surface area contributed by atoms with Crippen LogP contribution >= 0.6 is 0 Å². The van der Waals surface area contributed by atoms with Gasteiger partial charge in [-0.2, -0.15) is 0 Å². The van der Waals surface area contributed by atoms with E-state index in [4.69, 9.17) is 18.9 Å². The smallest absolute Gasteiger partial charge is 0.251 e. The monoisotopic (exact) mass is 347 g/mol. The van der Waals surface area contributed by atoms with E-state index in [1.165, 1.54) is 5.57 Å². The Kier molecular flexibility index (Phi) is 5.94. The van der Waals surface area contributed by atoms with Crippen LogP contribution in [0.3, 0.4) is 0 Å². The van der Waals surface area contributed by atoms with E-state index in [0.29, 0.717) is 50.1 Å². The zero-order valence-corrected chi connectivity index (χ0v) is 14.7. The van der Waals surface area contributed by atoms with Crippen molar-refractivity contribution in [3.63, 3.8) is 0 Å². The minimum Gasteiger partial charge on any atom is -0.486 e. The number of carbonyl (C=O) groups is 1. The number of benzene rings is 1. The van der Waals surface area contributed by atoms with Gasteiger partial charge in [-0.05, 0) is 38.5 Å². The molecule has 6 heteroatoms. The molecule has 2 atom stereocenters. The number of fused-ring (bicyclic) bond motifs is 1. The fourth-order valence-corrected chi connectivity index (χ4v) is 2.83. The molecule has 1 N–H and O–H groups in total. The summed E-state index contributed by atoms with van der Waals surface area (Å²) in [6.07, 6.45) is 2.75. The van der Waals surface area contributed by atoms with Gasteiger partial charge in [-0.15, -0.1) is 0 Å². The van der Waals surface area contributed by atoms with Gasteiger partial charge in [0.25, 0.3) is 5.91 Å². The fourth-order valence-electron chi connectivity index (χ4n) is 2.83. The third-order valence-corrected chi connectivity index (χ3v) is 4.22. The Morgan fingerprint density at radius 2 is 2.04 bits per heavy atom. The van der Waals surface area contributed by atoms with Crippen molar-refractivity contribution in [1.29, 1.82) is 0 Å². The van der Waals surface area contributed by atoms with Crippen LogP contribution in [0.4, 0.5) is 0 Å². The van der Waals surface area contributed by atoms with Gasteiger partial charge in [0.2, 0.25) is 0 Å². The first-order valence-electron chi connectivity index (χ1n) is 8.66. The molecule has 0 aromatic heterocycles. The summed E-state index contributed by atoms with van der Waals surface area (Å²) in [5.74, 6) is 1.12. The van der Waals surface area contributed by atoms with Gasteiger partial charge >= 0.3 is 0 Å². The quantitative estimate of drug-likeness (QED) is 0.828. The third kappa shape index (κ3) is 4.74. The molecule has 2 heterocycles. The molecule has 6 nitrogen and oxygen atoms in total. The van der Waals surface area contributed by atoms with Crippen LogP contribution in [-0.4, -0.2) is 51.1 Å². The molecule has 0 unspecified atom stereocenters. The van der Waals surface area contributed by atoms with Crippen LogP contribution in [0.15, 0.2) is 29.8 Å². The first-order valence-corrected chi connectivity index (χ1v) is 8.66. The maximum absolute atomic E-state index is 12.6. The highest BCUT2D eigenvalue weighted by Gasteiger charge is 2.28. The number of amides is 1. The molecule has 1 aromatic rings. The standard InChI is InChI=1S/C19H25NO5/c1-13(2)5-8-23-16-6-7-22-12-15(16)20-19(21)14-3-4-17-18(11-14)25-10-9-24-17/h3-5,11,15-16H,6-10,12H2,1-2H3,(H,20,21)/t15-,16+/m1/s1. The van der Waals surface area contributed by atoms with Gasteiger partial charge in [0.15, 0.2) is 11.5 Å². The van der Waals surface area contributed by atoms with Gasteiger partial charge in [-0.1, -0.05) is 11.6 Å². The van der Waals surface area contributed by atoms with Gasteiger partial charge in [0.1, 0.15) is 13.2 Å². The number of rotatable bonds is 5. The SMILES string of the molecule is CC(C)=CCO[C@H]1CCOC[C@H]1NC(=O)c1ccc2c(c1)OCCO2. The molecule has 2 aliphatic rings. The van der Waals surface area contributed by atoms with Gasteiger partial charge in [-0.25, -0.2) is 0 Å². The first-order chi connectivity index (χ1) is 12.1. The Morgan fingerprint density at radius 3 is 2.84 bits per heavy atom. The summed E-state index contributed by atoms with van der Waals surface area (Å²) in [5, 5.41) is 3.02. The average Bonchev–Trinajstić information content (AvgIpc) is 2.62. The van der Waals surface area contributed by atoms with Crippen LogP contribution in [0.2, 0.25) is 0 Å². The normalized spacial score (nSPS) is 22.2. The summed E-state index contributed by atoms with van der Waals surface area (Å²) in [6.45, 7) is 6.75. The van der Waals surface area contributed by atoms with Gasteiger partial charge in [0.05, 0.1) is 25.4 Å². The Morgan fingerprint density at radius 1 is 1.24 bits per heavy atom. The van der Waals surface area contributed by atoms with Crippen LogP contribution in [0, 0.1) is 0 Å². The van der Waals surface area contributed by atoms with E-state index >= 15 is 0 Å². The van der Waals surface area contributed by atoms with Crippen LogP contribution in [0.5, 0.6) is 11.5 Å². The molecule has 3 rings (SSSR count). The summed E-state index contributed by atoms with van der Waals surface area (Å²) in [6, 6.07) is 5.06. The van der Waals surface area contributed by atoms with E-state index in [9.17, 15) is 4.79 Å².